The third kappa shape index (κ3) is 13.7. The lowest BCUT2D eigenvalue weighted by Crippen LogP contribution is -2.66. The first-order valence-electron chi connectivity index (χ1n) is 22.5. The SMILES string of the molecule is CCC(=O)O[C@@H]1CC(=O)O[C@H](C)CCN2C[C@H](OC2=O)[C@H](C)C[C@H](CC(OC)OC)[C@H](O[C@@H]2O[C@H](C)[C@@H](O[C@H]3C[C@@](C)(OC(C)=O)[C@@H](OC(=O)CC)[C@H](C)O3)[C@H](N(C)C)[C@H]2O)[C@H]1OC. The molecule has 4 heterocycles. The van der Waals surface area contributed by atoms with Crippen LogP contribution in [0.2, 0.25) is 0 Å². The zero-order chi connectivity index (χ0) is 47.6. The fraction of sp³-hybridized carbons (Fsp3) is 0.886. The summed E-state index contributed by atoms with van der Waals surface area (Å²) >= 11 is 0. The van der Waals surface area contributed by atoms with E-state index in [0.717, 1.165) is 0 Å². The molecule has 368 valence electrons. The molecular weight excluding hydrogens is 844 g/mol. The number of esters is 4. The topological polar surface area (TPSA) is 223 Å². The molecule has 2 bridgehead atoms. The number of nitrogens with zero attached hydrogens (tertiary/aromatic N) is 2. The lowest BCUT2D eigenvalue weighted by molar-refractivity contribution is -0.345. The summed E-state index contributed by atoms with van der Waals surface area (Å²) in [5, 5.41) is 12.4. The van der Waals surface area contributed by atoms with E-state index in [-0.39, 0.29) is 31.6 Å². The number of likely N-dealkylation sites (N-methyl/N-ethyl adjacent to an activating group) is 1. The maximum absolute atomic E-state index is 13.6. The highest BCUT2D eigenvalue weighted by atomic mass is 16.7. The van der Waals surface area contributed by atoms with Crippen LogP contribution in [0.5, 0.6) is 0 Å². The number of aliphatic hydroxyl groups is 1. The van der Waals surface area contributed by atoms with Crippen molar-refractivity contribution in [3.63, 3.8) is 0 Å². The Morgan fingerprint density at radius 2 is 1.56 bits per heavy atom. The summed E-state index contributed by atoms with van der Waals surface area (Å²) in [5.41, 5.74) is -1.32. The molecule has 0 unspecified atom stereocenters. The van der Waals surface area contributed by atoms with E-state index < -0.39 is 134 Å². The van der Waals surface area contributed by atoms with Crippen LogP contribution in [0.25, 0.3) is 0 Å². The second kappa shape index (κ2) is 24.0. The number of hydrogen-bond donors (Lipinski definition) is 1. The first kappa shape index (κ1) is 53.4. The average Bonchev–Trinajstić information content (AvgIpc) is 3.60. The molecule has 16 atom stereocenters. The minimum atomic E-state index is -1.41. The Morgan fingerprint density at radius 1 is 0.906 bits per heavy atom. The van der Waals surface area contributed by atoms with E-state index in [4.69, 9.17) is 56.8 Å². The molecule has 1 N–H and O–H groups in total. The zero-order valence-corrected chi connectivity index (χ0v) is 39.9. The van der Waals surface area contributed by atoms with E-state index in [1.807, 2.05) is 6.92 Å². The van der Waals surface area contributed by atoms with Crippen LogP contribution >= 0.6 is 0 Å². The molecule has 0 aromatic carbocycles. The van der Waals surface area contributed by atoms with Gasteiger partial charge in [0, 0.05) is 66.9 Å². The molecule has 4 rings (SSSR count). The monoisotopic (exact) mass is 918 g/mol. The lowest BCUT2D eigenvalue weighted by Gasteiger charge is -2.51. The highest BCUT2D eigenvalue weighted by molar-refractivity contribution is 5.73. The first-order valence-corrected chi connectivity index (χ1v) is 22.5. The molecule has 0 spiro atoms. The summed E-state index contributed by atoms with van der Waals surface area (Å²) < 4.78 is 73.0. The van der Waals surface area contributed by atoms with Gasteiger partial charge in [-0.1, -0.05) is 20.8 Å². The molecule has 20 nitrogen and oxygen atoms in total. The van der Waals surface area contributed by atoms with Gasteiger partial charge in [-0.25, -0.2) is 4.79 Å². The Balaban J connectivity index is 1.75. The van der Waals surface area contributed by atoms with Gasteiger partial charge in [-0.05, 0) is 60.0 Å². The van der Waals surface area contributed by atoms with Crippen LogP contribution in [0.4, 0.5) is 4.79 Å². The van der Waals surface area contributed by atoms with Crippen LogP contribution in [0.3, 0.4) is 0 Å². The average molecular weight is 919 g/mol. The van der Waals surface area contributed by atoms with Crippen molar-refractivity contribution in [2.24, 2.45) is 11.8 Å². The molecular formula is C44H74N2O18. The number of rotatable bonds is 15. The van der Waals surface area contributed by atoms with Gasteiger partial charge in [0.25, 0.3) is 0 Å². The maximum Gasteiger partial charge on any atom is 0.410 e. The van der Waals surface area contributed by atoms with Crippen molar-refractivity contribution in [2.75, 3.05) is 48.5 Å². The van der Waals surface area contributed by atoms with Crippen LogP contribution in [-0.2, 0) is 76.0 Å². The van der Waals surface area contributed by atoms with Crippen molar-refractivity contribution in [3.8, 4) is 0 Å². The van der Waals surface area contributed by atoms with Gasteiger partial charge in [0.05, 0.1) is 37.3 Å². The molecule has 0 aliphatic carbocycles. The highest BCUT2D eigenvalue weighted by Gasteiger charge is 2.55. The van der Waals surface area contributed by atoms with Gasteiger partial charge in [-0.2, -0.15) is 0 Å². The number of ether oxygens (including phenoxy) is 12. The highest BCUT2D eigenvalue weighted by Crippen LogP contribution is 2.40. The summed E-state index contributed by atoms with van der Waals surface area (Å²) in [5.74, 6) is -3.17. The Hall–Kier alpha value is -3.21. The molecule has 64 heavy (non-hydrogen) atoms. The molecule has 4 aliphatic heterocycles. The number of cyclic esters (lactones) is 1. The molecule has 4 aliphatic rings. The molecule has 1 amide bonds. The number of amides is 1. The predicted octanol–water partition coefficient (Wildman–Crippen LogP) is 3.11. The van der Waals surface area contributed by atoms with Gasteiger partial charge in [-0.15, -0.1) is 0 Å². The minimum absolute atomic E-state index is 0.00457. The van der Waals surface area contributed by atoms with Crippen molar-refractivity contribution in [2.45, 2.75) is 192 Å². The van der Waals surface area contributed by atoms with Crippen molar-refractivity contribution < 1.29 is 85.9 Å². The fourth-order valence-corrected chi connectivity index (χ4v) is 9.30. The first-order chi connectivity index (χ1) is 30.2. The van der Waals surface area contributed by atoms with Gasteiger partial charge in [0.2, 0.25) is 0 Å². The standard InChI is InChI=1S/C44H74N2O18/c1-14-31(48)59-29-20-33(50)56-24(4)16-17-46-22-30(60-43(46)52)23(3)18-28(19-34(53-11)54-12)39(40(29)55-13)63-42-37(51)36(45(9)10)38(25(5)58-42)62-35-21-44(8,64-27(7)47)41(26(6)57-35)61-32(49)15-2/h23-26,28-30,34-42,51H,14-22H2,1-13H3/t23-,24-,25-,26+,28-,29-,30+,35+,36-,37-,38-,39+,40+,41+,42+,44-/m1/s1. The van der Waals surface area contributed by atoms with E-state index in [1.54, 1.807) is 65.4 Å². The van der Waals surface area contributed by atoms with Gasteiger partial charge in [0.15, 0.2) is 30.6 Å². The van der Waals surface area contributed by atoms with Crippen LogP contribution in [0.15, 0.2) is 0 Å². The van der Waals surface area contributed by atoms with Crippen LogP contribution in [-0.4, -0.2) is 185 Å². The quantitative estimate of drug-likeness (QED) is 0.142. The number of aliphatic hydroxyl groups excluding tert-OH is 1. The second-order valence-electron chi connectivity index (χ2n) is 17.9. The van der Waals surface area contributed by atoms with Gasteiger partial charge in [0.1, 0.15) is 36.6 Å². The summed E-state index contributed by atoms with van der Waals surface area (Å²) in [6, 6.07) is -0.802. The fourth-order valence-electron chi connectivity index (χ4n) is 9.30. The van der Waals surface area contributed by atoms with E-state index in [0.29, 0.717) is 25.9 Å². The minimum Gasteiger partial charge on any atom is -0.462 e. The van der Waals surface area contributed by atoms with Crippen molar-refractivity contribution >= 4 is 30.0 Å². The van der Waals surface area contributed by atoms with Crippen molar-refractivity contribution in [1.29, 1.82) is 0 Å². The molecule has 0 saturated carbocycles. The largest absolute Gasteiger partial charge is 0.462 e. The van der Waals surface area contributed by atoms with Crippen molar-refractivity contribution in [1.82, 2.24) is 9.80 Å². The Labute approximate surface area is 377 Å². The number of hydrogen-bond acceptors (Lipinski definition) is 19. The molecule has 20 heteroatoms. The summed E-state index contributed by atoms with van der Waals surface area (Å²) in [7, 11) is 7.93. The number of carbonyl (C=O) groups is 5. The third-order valence-corrected chi connectivity index (χ3v) is 12.6. The molecule has 0 aromatic rings. The van der Waals surface area contributed by atoms with Crippen LogP contribution in [0.1, 0.15) is 100 Å². The number of carbonyl (C=O) groups excluding carboxylic acids is 5. The Bertz CT molecular complexity index is 1550. The Morgan fingerprint density at radius 3 is 2.16 bits per heavy atom. The second-order valence-corrected chi connectivity index (χ2v) is 17.9. The lowest BCUT2D eigenvalue weighted by atomic mass is 9.82. The third-order valence-electron chi connectivity index (χ3n) is 12.6. The van der Waals surface area contributed by atoms with E-state index >= 15 is 0 Å². The molecule has 4 fully saturated rings. The zero-order valence-electron chi connectivity index (χ0n) is 39.9. The van der Waals surface area contributed by atoms with Gasteiger partial charge >= 0.3 is 30.0 Å². The molecule has 4 saturated heterocycles. The smallest absolute Gasteiger partial charge is 0.410 e. The molecule has 0 aromatic heterocycles. The van der Waals surface area contributed by atoms with E-state index in [1.165, 1.54) is 28.3 Å². The van der Waals surface area contributed by atoms with E-state index in [9.17, 15) is 29.1 Å². The summed E-state index contributed by atoms with van der Waals surface area (Å²) in [6.07, 6.45) is -12.3. The van der Waals surface area contributed by atoms with Crippen LogP contribution in [0, 0.1) is 11.8 Å². The maximum atomic E-state index is 13.6. The predicted molar refractivity (Wildman–Crippen MR) is 224 cm³/mol. The van der Waals surface area contributed by atoms with E-state index in [2.05, 4.69) is 0 Å². The summed E-state index contributed by atoms with van der Waals surface area (Å²) in [6.45, 7) is 14.0. The number of methoxy groups -OCH3 is 3. The van der Waals surface area contributed by atoms with Crippen molar-refractivity contribution in [3.05, 3.63) is 0 Å². The van der Waals surface area contributed by atoms with Crippen LogP contribution < -0.4 is 0 Å². The molecule has 0 radical (unpaired) electrons. The normalized spacial score (nSPS) is 37.9. The van der Waals surface area contributed by atoms with Gasteiger partial charge < -0.3 is 71.7 Å². The summed E-state index contributed by atoms with van der Waals surface area (Å²) in [4.78, 5) is 67.8. The van der Waals surface area contributed by atoms with Gasteiger partial charge in [-0.3, -0.25) is 19.2 Å². The number of fused-ring (bicyclic) bond motifs is 2. The Kier molecular flexibility index (Phi) is 20.0.